The van der Waals surface area contributed by atoms with Crippen molar-refractivity contribution in [3.63, 3.8) is 0 Å². The number of nitrogens with zero attached hydrogens (tertiary/aromatic N) is 3. The maximum absolute atomic E-state index is 6.17. The fourth-order valence-corrected chi connectivity index (χ4v) is 4.72. The molecule has 0 amide bonds. The highest BCUT2D eigenvalue weighted by molar-refractivity contribution is 5.98. The molecule has 0 spiro atoms. The molecule has 4 aliphatic rings. The van der Waals surface area contributed by atoms with Crippen LogP contribution in [0.4, 0.5) is 5.69 Å². The molecule has 2 saturated heterocycles. The Morgan fingerprint density at radius 1 is 1.33 bits per heavy atom. The summed E-state index contributed by atoms with van der Waals surface area (Å²) >= 11 is 0. The summed E-state index contributed by atoms with van der Waals surface area (Å²) in [6.07, 6.45) is 7.09. The fraction of sp³-hybridized carbons (Fsp3) is 0.560. The minimum atomic E-state index is -0.0372. The predicted molar refractivity (Wildman–Crippen MR) is 132 cm³/mol. The van der Waals surface area contributed by atoms with Crippen molar-refractivity contribution in [3.8, 4) is 5.75 Å². The topological polar surface area (TPSA) is 87.4 Å². The second kappa shape index (κ2) is 9.37. The number of nitrogen functional groups attached to an aromatic ring is 1. The molecule has 3 aliphatic heterocycles. The zero-order valence-electron chi connectivity index (χ0n) is 19.6. The van der Waals surface area contributed by atoms with Crippen molar-refractivity contribution in [2.24, 2.45) is 10.8 Å². The molecule has 33 heavy (non-hydrogen) atoms. The zero-order valence-corrected chi connectivity index (χ0v) is 19.6. The third kappa shape index (κ3) is 5.18. The minimum Gasteiger partial charge on any atom is -0.488 e. The smallest absolute Gasteiger partial charge is 0.127 e. The summed E-state index contributed by atoms with van der Waals surface area (Å²) in [6.45, 7) is 13.0. The van der Waals surface area contributed by atoms with Crippen LogP contribution in [0.5, 0.6) is 5.75 Å². The van der Waals surface area contributed by atoms with Crippen molar-refractivity contribution >= 4 is 17.1 Å². The van der Waals surface area contributed by atoms with Gasteiger partial charge in [0.05, 0.1) is 11.8 Å². The number of hydrogen-bond acceptors (Lipinski definition) is 8. The first kappa shape index (κ1) is 22.3. The first-order chi connectivity index (χ1) is 16.0. The molecule has 1 saturated carbocycles. The average Bonchev–Trinajstić information content (AvgIpc) is 3.34. The van der Waals surface area contributed by atoms with E-state index in [4.69, 9.17) is 20.3 Å². The lowest BCUT2D eigenvalue weighted by Gasteiger charge is -2.37. The van der Waals surface area contributed by atoms with E-state index in [0.29, 0.717) is 12.8 Å². The largest absolute Gasteiger partial charge is 0.488 e. The van der Waals surface area contributed by atoms with Crippen molar-refractivity contribution in [1.82, 2.24) is 15.1 Å². The van der Waals surface area contributed by atoms with E-state index in [1.54, 1.807) is 0 Å². The number of ether oxygens (including phenoxy) is 2. The van der Waals surface area contributed by atoms with Gasteiger partial charge in [0.2, 0.25) is 0 Å². The first-order valence-corrected chi connectivity index (χ1v) is 12.1. The summed E-state index contributed by atoms with van der Waals surface area (Å²) in [5, 5.41) is 3.39. The van der Waals surface area contributed by atoms with Crippen molar-refractivity contribution < 1.29 is 9.47 Å². The van der Waals surface area contributed by atoms with E-state index < -0.39 is 0 Å². The molecule has 8 heteroatoms. The molecule has 8 nitrogen and oxygen atoms in total. The number of hydrogen-bond donors (Lipinski definition) is 3. The second-order valence-corrected chi connectivity index (χ2v) is 9.71. The summed E-state index contributed by atoms with van der Waals surface area (Å²) in [4.78, 5) is 9.62. The number of nitrogens with one attached hydrogen (secondary N) is 2. The second-order valence-electron chi connectivity index (χ2n) is 9.71. The Morgan fingerprint density at radius 2 is 2.15 bits per heavy atom. The maximum Gasteiger partial charge on any atom is 0.127 e. The van der Waals surface area contributed by atoms with Crippen LogP contribution in [0.2, 0.25) is 0 Å². The standard InChI is InChI=1S/C25H36N6O2/c1-18(21-14-19(5-6-22(21)29-26)33-25(2)7-8-25)23-15-24(28-17-27-23)31-11-9-30(10-12-31)16-20-4-3-13-32-20/h5-6,14-15,20,27,29H,1,3-4,7-13,16-17,26H2,2H3. The van der Waals surface area contributed by atoms with Crippen LogP contribution in [0.1, 0.15) is 38.2 Å². The van der Waals surface area contributed by atoms with Gasteiger partial charge in [-0.3, -0.25) is 10.7 Å². The van der Waals surface area contributed by atoms with E-state index in [1.165, 1.54) is 12.8 Å². The lowest BCUT2D eigenvalue weighted by molar-refractivity contribution is 0.0604. The van der Waals surface area contributed by atoms with Gasteiger partial charge in [-0.25, -0.2) is 4.99 Å². The molecule has 1 aliphatic carbocycles. The van der Waals surface area contributed by atoms with Crippen LogP contribution in [0.25, 0.3) is 5.57 Å². The highest BCUT2D eigenvalue weighted by Crippen LogP contribution is 2.41. The van der Waals surface area contributed by atoms with Crippen LogP contribution < -0.4 is 21.3 Å². The quantitative estimate of drug-likeness (QED) is 0.433. The Labute approximate surface area is 196 Å². The predicted octanol–water partition coefficient (Wildman–Crippen LogP) is 2.56. The molecule has 178 valence electrons. The number of allylic oxidation sites excluding steroid dienone is 1. The summed E-state index contributed by atoms with van der Waals surface area (Å²) in [5.41, 5.74) is 6.36. The molecule has 1 unspecified atom stereocenters. The van der Waals surface area contributed by atoms with Gasteiger partial charge in [0, 0.05) is 62.2 Å². The van der Waals surface area contributed by atoms with Crippen LogP contribution in [-0.4, -0.2) is 73.3 Å². The first-order valence-electron chi connectivity index (χ1n) is 12.1. The number of amidine groups is 1. The minimum absolute atomic E-state index is 0.0372. The Bertz CT molecular complexity index is 940. The van der Waals surface area contributed by atoms with Crippen molar-refractivity contribution in [3.05, 3.63) is 42.1 Å². The number of anilines is 1. The lowest BCUT2D eigenvalue weighted by atomic mass is 10.0. The van der Waals surface area contributed by atoms with Gasteiger partial charge >= 0.3 is 0 Å². The number of piperazine rings is 1. The van der Waals surface area contributed by atoms with Crippen LogP contribution >= 0.6 is 0 Å². The molecule has 1 atom stereocenters. The molecule has 4 N–H and O–H groups in total. The van der Waals surface area contributed by atoms with Crippen molar-refractivity contribution in [2.45, 2.75) is 44.3 Å². The number of hydrazine groups is 1. The number of nitrogens with two attached hydrogens (primary N) is 1. The third-order valence-corrected chi connectivity index (χ3v) is 7.08. The van der Waals surface area contributed by atoms with Crippen LogP contribution in [0.15, 0.2) is 41.5 Å². The van der Waals surface area contributed by atoms with Crippen molar-refractivity contribution in [2.75, 3.05) is 51.4 Å². The summed E-state index contributed by atoms with van der Waals surface area (Å²) in [7, 11) is 0. The van der Waals surface area contributed by atoms with Gasteiger partial charge in [-0.15, -0.1) is 0 Å². The molecule has 1 aromatic rings. The normalized spacial score (nSPS) is 24.5. The highest BCUT2D eigenvalue weighted by Gasteiger charge is 2.40. The SMILES string of the molecule is C=C(C1=CC(N2CCN(CC3CCCO3)CC2)=NCN1)c1cc(OC2(C)CC2)ccc1NN. The van der Waals surface area contributed by atoms with Gasteiger partial charge in [0.1, 0.15) is 23.9 Å². The average molecular weight is 453 g/mol. The van der Waals surface area contributed by atoms with Crippen molar-refractivity contribution in [1.29, 1.82) is 0 Å². The Kier molecular flexibility index (Phi) is 6.32. The fourth-order valence-electron chi connectivity index (χ4n) is 4.72. The number of benzene rings is 1. The van der Waals surface area contributed by atoms with E-state index in [-0.39, 0.29) is 5.60 Å². The molecule has 1 aromatic carbocycles. The van der Waals surface area contributed by atoms with Crippen LogP contribution in [0, 0.1) is 0 Å². The zero-order chi connectivity index (χ0) is 22.8. The van der Waals surface area contributed by atoms with Gasteiger partial charge in [0.25, 0.3) is 0 Å². The van der Waals surface area contributed by atoms with Gasteiger partial charge in [-0.1, -0.05) is 6.58 Å². The number of rotatable bonds is 7. The highest BCUT2D eigenvalue weighted by atomic mass is 16.5. The summed E-state index contributed by atoms with van der Waals surface area (Å²) in [6, 6.07) is 5.94. The van der Waals surface area contributed by atoms with Crippen LogP contribution in [0.3, 0.4) is 0 Å². The summed E-state index contributed by atoms with van der Waals surface area (Å²) in [5.74, 6) is 7.67. The molecular weight excluding hydrogens is 416 g/mol. The molecule has 5 rings (SSSR count). The molecule has 3 fully saturated rings. The Morgan fingerprint density at radius 3 is 2.85 bits per heavy atom. The molecule has 0 aromatic heterocycles. The molecule has 3 heterocycles. The molecular formula is C25H36N6O2. The van der Waals surface area contributed by atoms with E-state index in [9.17, 15) is 0 Å². The van der Waals surface area contributed by atoms with Gasteiger partial charge < -0.3 is 25.1 Å². The Balaban J connectivity index is 1.25. The lowest BCUT2D eigenvalue weighted by Crippen LogP contribution is -2.50. The number of aliphatic imine (C=N–C) groups is 1. The molecule has 0 bridgehead atoms. The van der Waals surface area contributed by atoms with Crippen LogP contribution in [-0.2, 0) is 4.74 Å². The van der Waals surface area contributed by atoms with E-state index >= 15 is 0 Å². The molecule has 0 radical (unpaired) electrons. The van der Waals surface area contributed by atoms with Gasteiger partial charge in [0.15, 0.2) is 0 Å². The Hall–Kier alpha value is -2.55. The van der Waals surface area contributed by atoms with E-state index in [2.05, 4.69) is 40.1 Å². The van der Waals surface area contributed by atoms with E-state index in [1.807, 2.05) is 18.2 Å². The maximum atomic E-state index is 6.17. The van der Waals surface area contributed by atoms with Gasteiger partial charge in [-0.2, -0.15) is 0 Å². The third-order valence-electron chi connectivity index (χ3n) is 7.08. The monoisotopic (exact) mass is 452 g/mol. The van der Waals surface area contributed by atoms with E-state index in [0.717, 1.165) is 86.3 Å². The summed E-state index contributed by atoms with van der Waals surface area (Å²) < 4.78 is 12.0. The van der Waals surface area contributed by atoms with Gasteiger partial charge in [-0.05, 0) is 50.8 Å².